The number of phenolic OH excluding ortho intramolecular Hbond substituents is 1. The van der Waals surface area contributed by atoms with Crippen LogP contribution in [0.2, 0.25) is 0 Å². The summed E-state index contributed by atoms with van der Waals surface area (Å²) < 4.78 is 7.31. The van der Waals surface area contributed by atoms with E-state index in [1.807, 2.05) is 37.0 Å². The van der Waals surface area contributed by atoms with Crippen LogP contribution in [0.4, 0.5) is 5.69 Å². The number of piperidine rings is 1. The van der Waals surface area contributed by atoms with Crippen LogP contribution in [-0.2, 0) is 13.6 Å². The third-order valence-corrected chi connectivity index (χ3v) is 4.91. The van der Waals surface area contributed by atoms with Crippen LogP contribution in [0.3, 0.4) is 0 Å². The quantitative estimate of drug-likeness (QED) is 0.488. The molecule has 3 rings (SSSR count). The van der Waals surface area contributed by atoms with E-state index in [1.165, 1.54) is 0 Å². The second-order valence-corrected chi connectivity index (χ2v) is 7.23. The Morgan fingerprint density at radius 3 is 2.97 bits per heavy atom. The fourth-order valence-electron chi connectivity index (χ4n) is 3.51. The zero-order chi connectivity index (χ0) is 20.6. The van der Waals surface area contributed by atoms with E-state index >= 15 is 0 Å². The number of benzene rings is 1. The lowest BCUT2D eigenvalue weighted by molar-refractivity contribution is 0.318. The minimum Gasteiger partial charge on any atom is -0.504 e. The topological polar surface area (TPSA) is 86.9 Å². The summed E-state index contributed by atoms with van der Waals surface area (Å²) in [7, 11) is 1.94. The predicted molar refractivity (Wildman–Crippen MR) is 116 cm³/mol. The Kier molecular flexibility index (Phi) is 7.21. The first-order valence-electron chi connectivity index (χ1n) is 10.3. The van der Waals surface area contributed by atoms with Gasteiger partial charge in [-0.1, -0.05) is 6.07 Å². The Labute approximate surface area is 172 Å². The molecule has 0 amide bonds. The number of nitrogens with one attached hydrogen (secondary N) is 2. The zero-order valence-corrected chi connectivity index (χ0v) is 17.6. The van der Waals surface area contributed by atoms with Gasteiger partial charge in [0.15, 0.2) is 17.5 Å². The lowest BCUT2D eigenvalue weighted by Gasteiger charge is -2.34. The first-order valence-corrected chi connectivity index (χ1v) is 10.3. The standard InChI is InChI=1S/C21H32N6O2/c1-4-22-21(23-12-16-8-9-19(28)20(11-16)29-5-2)25-17-7-6-10-27(14-17)18-13-24-26(3)15-18/h8-9,11,13,15,17,28H,4-7,10,12,14H2,1-3H3,(H2,22,23,25). The molecule has 8 nitrogen and oxygen atoms in total. The number of guanidine groups is 1. The second-order valence-electron chi connectivity index (χ2n) is 7.23. The van der Waals surface area contributed by atoms with Gasteiger partial charge in [0.2, 0.25) is 0 Å². The van der Waals surface area contributed by atoms with Gasteiger partial charge >= 0.3 is 0 Å². The molecule has 0 bridgehead atoms. The molecule has 0 aliphatic carbocycles. The fourth-order valence-corrected chi connectivity index (χ4v) is 3.51. The molecule has 0 radical (unpaired) electrons. The Morgan fingerprint density at radius 1 is 1.38 bits per heavy atom. The molecule has 1 saturated heterocycles. The number of nitrogens with zero attached hydrogens (tertiary/aromatic N) is 4. The highest BCUT2D eigenvalue weighted by Gasteiger charge is 2.21. The van der Waals surface area contributed by atoms with E-state index in [2.05, 4.69) is 33.8 Å². The molecule has 1 unspecified atom stereocenters. The van der Waals surface area contributed by atoms with Crippen molar-refractivity contribution in [2.75, 3.05) is 31.1 Å². The van der Waals surface area contributed by atoms with Gasteiger partial charge in [0.1, 0.15) is 0 Å². The number of aromatic hydroxyl groups is 1. The summed E-state index contributed by atoms with van der Waals surface area (Å²) in [6.45, 7) is 7.75. The van der Waals surface area contributed by atoms with E-state index in [1.54, 1.807) is 6.07 Å². The van der Waals surface area contributed by atoms with E-state index in [0.29, 0.717) is 24.9 Å². The largest absolute Gasteiger partial charge is 0.504 e. The highest BCUT2D eigenvalue weighted by Crippen LogP contribution is 2.27. The highest BCUT2D eigenvalue weighted by molar-refractivity contribution is 5.80. The number of phenols is 1. The SMILES string of the molecule is CCNC(=NCc1ccc(O)c(OCC)c1)NC1CCCN(c2cnn(C)c2)C1. The van der Waals surface area contributed by atoms with Gasteiger partial charge in [0, 0.05) is 38.9 Å². The molecular formula is C21H32N6O2. The number of hydrogen-bond donors (Lipinski definition) is 3. The Morgan fingerprint density at radius 2 is 2.24 bits per heavy atom. The minimum atomic E-state index is 0.155. The normalized spacial score (nSPS) is 17.3. The number of hydrogen-bond acceptors (Lipinski definition) is 5. The van der Waals surface area contributed by atoms with Crippen molar-refractivity contribution >= 4 is 11.6 Å². The first-order chi connectivity index (χ1) is 14.1. The third kappa shape index (κ3) is 5.79. The summed E-state index contributed by atoms with van der Waals surface area (Å²) in [5.74, 6) is 1.46. The number of ether oxygens (including phenoxy) is 1. The fraction of sp³-hybridized carbons (Fsp3) is 0.524. The van der Waals surface area contributed by atoms with Crippen molar-refractivity contribution in [3.63, 3.8) is 0 Å². The van der Waals surface area contributed by atoms with E-state index in [-0.39, 0.29) is 5.75 Å². The molecule has 0 spiro atoms. The van der Waals surface area contributed by atoms with Gasteiger partial charge < -0.3 is 25.4 Å². The van der Waals surface area contributed by atoms with E-state index in [9.17, 15) is 5.11 Å². The van der Waals surface area contributed by atoms with Gasteiger partial charge in [-0.25, -0.2) is 4.99 Å². The van der Waals surface area contributed by atoms with Crippen LogP contribution in [0.25, 0.3) is 0 Å². The minimum absolute atomic E-state index is 0.155. The molecule has 2 heterocycles. The molecule has 1 aromatic heterocycles. The molecular weight excluding hydrogens is 368 g/mol. The number of aryl methyl sites for hydroxylation is 1. The van der Waals surface area contributed by atoms with Crippen molar-refractivity contribution in [1.29, 1.82) is 0 Å². The number of anilines is 1. The predicted octanol–water partition coefficient (Wildman–Crippen LogP) is 2.25. The number of aromatic nitrogens is 2. The van der Waals surface area contributed by atoms with Crippen molar-refractivity contribution in [3.8, 4) is 11.5 Å². The van der Waals surface area contributed by atoms with Crippen LogP contribution in [0.5, 0.6) is 11.5 Å². The second kappa shape index (κ2) is 10.0. The summed E-state index contributed by atoms with van der Waals surface area (Å²) in [6, 6.07) is 5.69. The number of rotatable bonds is 7. The monoisotopic (exact) mass is 400 g/mol. The average Bonchev–Trinajstić information content (AvgIpc) is 3.15. The highest BCUT2D eigenvalue weighted by atomic mass is 16.5. The smallest absolute Gasteiger partial charge is 0.191 e. The summed E-state index contributed by atoms with van der Waals surface area (Å²) >= 11 is 0. The molecule has 3 N–H and O–H groups in total. The van der Waals surface area contributed by atoms with E-state index in [0.717, 1.165) is 49.7 Å². The van der Waals surface area contributed by atoms with Gasteiger partial charge in [-0.15, -0.1) is 0 Å². The summed E-state index contributed by atoms with van der Waals surface area (Å²) in [5, 5.41) is 21.1. The molecule has 8 heteroatoms. The number of aliphatic imine (C=N–C) groups is 1. The molecule has 1 aliphatic rings. The zero-order valence-electron chi connectivity index (χ0n) is 17.6. The van der Waals surface area contributed by atoms with Gasteiger partial charge in [-0.05, 0) is 44.4 Å². The lowest BCUT2D eigenvalue weighted by atomic mass is 10.1. The van der Waals surface area contributed by atoms with Crippen LogP contribution in [0.1, 0.15) is 32.3 Å². The maximum Gasteiger partial charge on any atom is 0.191 e. The maximum atomic E-state index is 9.87. The van der Waals surface area contributed by atoms with E-state index < -0.39 is 0 Å². The van der Waals surface area contributed by atoms with Crippen molar-refractivity contribution in [3.05, 3.63) is 36.2 Å². The molecule has 2 aromatic rings. The van der Waals surface area contributed by atoms with Crippen LogP contribution in [0.15, 0.2) is 35.6 Å². The van der Waals surface area contributed by atoms with Crippen molar-refractivity contribution in [1.82, 2.24) is 20.4 Å². The lowest BCUT2D eigenvalue weighted by Crippen LogP contribution is -2.51. The summed E-state index contributed by atoms with van der Waals surface area (Å²) in [5.41, 5.74) is 2.15. The maximum absolute atomic E-state index is 9.87. The first kappa shape index (κ1) is 20.8. The van der Waals surface area contributed by atoms with Crippen molar-refractivity contribution in [2.45, 2.75) is 39.3 Å². The van der Waals surface area contributed by atoms with Crippen LogP contribution in [0, 0.1) is 0 Å². The molecule has 1 fully saturated rings. The van der Waals surface area contributed by atoms with Crippen LogP contribution in [-0.4, -0.2) is 53.1 Å². The van der Waals surface area contributed by atoms with E-state index in [4.69, 9.17) is 9.73 Å². The Hall–Kier alpha value is -2.90. The van der Waals surface area contributed by atoms with Gasteiger partial charge in [-0.3, -0.25) is 4.68 Å². The van der Waals surface area contributed by atoms with Crippen LogP contribution >= 0.6 is 0 Å². The molecule has 0 saturated carbocycles. The summed E-state index contributed by atoms with van der Waals surface area (Å²) in [4.78, 5) is 7.10. The third-order valence-electron chi connectivity index (χ3n) is 4.91. The van der Waals surface area contributed by atoms with Crippen LogP contribution < -0.4 is 20.3 Å². The van der Waals surface area contributed by atoms with Gasteiger partial charge in [0.05, 0.1) is 25.0 Å². The van der Waals surface area contributed by atoms with Gasteiger partial charge in [0.25, 0.3) is 0 Å². The summed E-state index contributed by atoms with van der Waals surface area (Å²) in [6.07, 6.45) is 6.21. The Bertz CT molecular complexity index is 819. The molecule has 29 heavy (non-hydrogen) atoms. The molecule has 1 aliphatic heterocycles. The van der Waals surface area contributed by atoms with Crippen molar-refractivity contribution in [2.24, 2.45) is 12.0 Å². The molecule has 1 aromatic carbocycles. The Balaban J connectivity index is 1.64. The van der Waals surface area contributed by atoms with Gasteiger partial charge in [-0.2, -0.15) is 5.10 Å². The molecule has 1 atom stereocenters. The molecule has 158 valence electrons. The average molecular weight is 401 g/mol. The van der Waals surface area contributed by atoms with Crippen molar-refractivity contribution < 1.29 is 9.84 Å².